The van der Waals surface area contributed by atoms with Gasteiger partial charge in [0.15, 0.2) is 5.78 Å². The standard InChI is InChI=1S/C20H18N2O2.C12H13N3O2/c1-24-15-10-7-14(8-11-15)9-12-19-21-17-5-2-4-16-18(23)6-3-13-22(19)20(16)17;1-17-7-10-14-9-4-2-3-8-11(9)15(10)6-5-13-12(8)16/h2,4-5,7-12H,3,6,13H2,1H3;2-4H,5-7H2,1H3,(H,13,16)/b12-9+;. The van der Waals surface area contributed by atoms with Gasteiger partial charge in [-0.1, -0.05) is 30.3 Å². The van der Waals surface area contributed by atoms with Gasteiger partial charge in [-0.2, -0.15) is 0 Å². The number of nitrogens with one attached hydrogen (secondary N) is 1. The summed E-state index contributed by atoms with van der Waals surface area (Å²) >= 11 is 0. The van der Waals surface area contributed by atoms with Gasteiger partial charge in [0.25, 0.3) is 5.91 Å². The first-order valence-electron chi connectivity index (χ1n) is 13.7. The molecule has 2 aromatic heterocycles. The molecule has 9 nitrogen and oxygen atoms in total. The Bertz CT molecular complexity index is 1780. The number of hydrogen-bond acceptors (Lipinski definition) is 6. The van der Waals surface area contributed by atoms with E-state index in [0.717, 1.165) is 70.1 Å². The van der Waals surface area contributed by atoms with E-state index < -0.39 is 0 Å². The zero-order valence-corrected chi connectivity index (χ0v) is 23.1. The predicted molar refractivity (Wildman–Crippen MR) is 158 cm³/mol. The number of carbonyl (C=O) groups is 2. The normalized spacial score (nSPS) is 14.5. The summed E-state index contributed by atoms with van der Waals surface area (Å²) < 4.78 is 14.5. The molecule has 1 N–H and O–H groups in total. The van der Waals surface area contributed by atoms with E-state index in [-0.39, 0.29) is 11.7 Å². The fourth-order valence-electron chi connectivity index (χ4n) is 5.47. The summed E-state index contributed by atoms with van der Waals surface area (Å²) in [5.41, 5.74) is 6.18. The molecule has 0 bridgehead atoms. The number of Topliss-reactive ketones (excluding diaryl/α,β-unsaturated/α-hetero) is 1. The van der Waals surface area contributed by atoms with E-state index in [9.17, 15) is 9.59 Å². The number of hydrogen-bond donors (Lipinski definition) is 1. The molecule has 3 aromatic carbocycles. The molecule has 2 aliphatic heterocycles. The summed E-state index contributed by atoms with van der Waals surface area (Å²) in [6.45, 7) is 2.64. The van der Waals surface area contributed by atoms with Crippen LogP contribution in [0.15, 0.2) is 60.7 Å². The third kappa shape index (κ3) is 5.12. The Hall–Kier alpha value is -4.76. The Morgan fingerprint density at radius 3 is 2.34 bits per heavy atom. The molecule has 41 heavy (non-hydrogen) atoms. The lowest BCUT2D eigenvalue weighted by atomic mass is 10.1. The van der Waals surface area contributed by atoms with Gasteiger partial charge in [-0.05, 0) is 54.5 Å². The van der Waals surface area contributed by atoms with Crippen LogP contribution in [-0.4, -0.2) is 51.6 Å². The Labute approximate surface area is 237 Å². The van der Waals surface area contributed by atoms with Crippen LogP contribution in [0.5, 0.6) is 5.75 Å². The maximum absolute atomic E-state index is 12.3. The molecule has 0 radical (unpaired) electrons. The number of amides is 1. The fourth-order valence-corrected chi connectivity index (χ4v) is 5.47. The number of benzene rings is 3. The van der Waals surface area contributed by atoms with Crippen molar-refractivity contribution in [3.63, 3.8) is 0 Å². The van der Waals surface area contributed by atoms with Crippen molar-refractivity contribution >= 4 is 45.9 Å². The molecule has 0 fully saturated rings. The average Bonchev–Trinajstić information content (AvgIpc) is 3.40. The number of para-hydroxylation sites is 2. The molecule has 208 valence electrons. The van der Waals surface area contributed by atoms with Crippen LogP contribution in [0.4, 0.5) is 0 Å². The second-order valence-electron chi connectivity index (χ2n) is 9.97. The van der Waals surface area contributed by atoms with E-state index in [4.69, 9.17) is 14.5 Å². The quantitative estimate of drug-likeness (QED) is 0.327. The molecule has 0 spiro atoms. The molecule has 0 atom stereocenters. The smallest absolute Gasteiger partial charge is 0.253 e. The first-order chi connectivity index (χ1) is 20.1. The molecule has 5 aromatic rings. The van der Waals surface area contributed by atoms with Crippen LogP contribution in [0.25, 0.3) is 34.2 Å². The van der Waals surface area contributed by atoms with Crippen molar-refractivity contribution in [1.82, 2.24) is 24.4 Å². The number of methoxy groups -OCH3 is 2. The summed E-state index contributed by atoms with van der Waals surface area (Å²) in [5.74, 6) is 2.78. The Kier molecular flexibility index (Phi) is 7.35. The van der Waals surface area contributed by atoms with Crippen LogP contribution >= 0.6 is 0 Å². The second-order valence-corrected chi connectivity index (χ2v) is 9.97. The lowest BCUT2D eigenvalue weighted by Gasteiger charge is -2.05. The van der Waals surface area contributed by atoms with Crippen molar-refractivity contribution in [2.45, 2.75) is 32.5 Å². The first-order valence-corrected chi connectivity index (χ1v) is 13.7. The van der Waals surface area contributed by atoms with Crippen molar-refractivity contribution in [2.75, 3.05) is 20.8 Å². The van der Waals surface area contributed by atoms with Gasteiger partial charge < -0.3 is 23.9 Å². The van der Waals surface area contributed by atoms with E-state index in [1.165, 1.54) is 0 Å². The number of imidazole rings is 2. The van der Waals surface area contributed by atoms with Gasteiger partial charge in [-0.3, -0.25) is 9.59 Å². The van der Waals surface area contributed by atoms with Crippen LogP contribution < -0.4 is 10.1 Å². The number of aryl methyl sites for hydroxylation is 1. The lowest BCUT2D eigenvalue weighted by molar-refractivity contribution is 0.0954. The second kappa shape index (κ2) is 11.4. The largest absolute Gasteiger partial charge is 0.497 e. The fraction of sp³-hybridized carbons (Fsp3) is 0.250. The van der Waals surface area contributed by atoms with Crippen molar-refractivity contribution in [3.8, 4) is 5.75 Å². The van der Waals surface area contributed by atoms with Gasteiger partial charge >= 0.3 is 0 Å². The highest BCUT2D eigenvalue weighted by Crippen LogP contribution is 2.27. The highest BCUT2D eigenvalue weighted by Gasteiger charge is 2.21. The van der Waals surface area contributed by atoms with Gasteiger partial charge in [-0.25, -0.2) is 9.97 Å². The lowest BCUT2D eigenvalue weighted by Crippen LogP contribution is -2.24. The van der Waals surface area contributed by atoms with Crippen LogP contribution in [0.2, 0.25) is 0 Å². The minimum atomic E-state index is -0.0294. The third-order valence-corrected chi connectivity index (χ3v) is 7.41. The van der Waals surface area contributed by atoms with E-state index in [1.807, 2.05) is 72.8 Å². The molecular weight excluding hydrogens is 518 g/mol. The van der Waals surface area contributed by atoms with Crippen LogP contribution in [0, 0.1) is 0 Å². The molecule has 0 unspecified atom stereocenters. The molecule has 0 saturated heterocycles. The molecule has 1 amide bonds. The highest BCUT2D eigenvalue weighted by molar-refractivity contribution is 6.07. The summed E-state index contributed by atoms with van der Waals surface area (Å²) in [5, 5.41) is 2.88. The summed E-state index contributed by atoms with van der Waals surface area (Å²) in [7, 11) is 3.31. The van der Waals surface area contributed by atoms with Gasteiger partial charge in [-0.15, -0.1) is 0 Å². The van der Waals surface area contributed by atoms with Crippen molar-refractivity contribution in [1.29, 1.82) is 0 Å². The van der Waals surface area contributed by atoms with E-state index in [0.29, 0.717) is 25.1 Å². The number of rotatable bonds is 5. The zero-order chi connectivity index (χ0) is 28.3. The highest BCUT2D eigenvalue weighted by atomic mass is 16.5. The summed E-state index contributed by atoms with van der Waals surface area (Å²) in [6.07, 6.45) is 5.50. The van der Waals surface area contributed by atoms with Crippen molar-refractivity contribution in [3.05, 3.63) is 89.0 Å². The Balaban J connectivity index is 0.000000156. The monoisotopic (exact) mass is 549 g/mol. The third-order valence-electron chi connectivity index (χ3n) is 7.41. The maximum Gasteiger partial charge on any atom is 0.253 e. The van der Waals surface area contributed by atoms with Gasteiger partial charge in [0.2, 0.25) is 0 Å². The number of carbonyl (C=O) groups excluding carboxylic acids is 2. The van der Waals surface area contributed by atoms with E-state index >= 15 is 0 Å². The Morgan fingerprint density at radius 2 is 1.59 bits per heavy atom. The molecule has 4 heterocycles. The minimum Gasteiger partial charge on any atom is -0.497 e. The minimum absolute atomic E-state index is 0.0294. The topological polar surface area (TPSA) is 100 Å². The Morgan fingerprint density at radius 1 is 0.854 bits per heavy atom. The van der Waals surface area contributed by atoms with Crippen molar-refractivity contribution in [2.24, 2.45) is 0 Å². The number of nitrogens with zero attached hydrogens (tertiary/aromatic N) is 4. The molecule has 9 heteroatoms. The van der Waals surface area contributed by atoms with Crippen LogP contribution in [-0.2, 0) is 24.4 Å². The van der Waals surface area contributed by atoms with Crippen LogP contribution in [0.1, 0.15) is 50.8 Å². The SMILES string of the molecule is COCc1nc2cccc3c2n1CCNC3=O.COc1ccc(/C=C/c2nc3cccc4c3n2CCCC4=O)cc1. The molecule has 0 aliphatic carbocycles. The van der Waals surface area contributed by atoms with Gasteiger partial charge in [0.1, 0.15) is 24.0 Å². The van der Waals surface area contributed by atoms with E-state index in [2.05, 4.69) is 19.4 Å². The summed E-state index contributed by atoms with van der Waals surface area (Å²) in [6, 6.07) is 19.3. The predicted octanol–water partition coefficient (Wildman–Crippen LogP) is 5.12. The zero-order valence-electron chi connectivity index (χ0n) is 23.1. The molecule has 2 aliphatic rings. The van der Waals surface area contributed by atoms with Gasteiger partial charge in [0, 0.05) is 38.7 Å². The average molecular weight is 550 g/mol. The maximum atomic E-state index is 12.3. The van der Waals surface area contributed by atoms with Crippen LogP contribution in [0.3, 0.4) is 0 Å². The summed E-state index contributed by atoms with van der Waals surface area (Å²) in [4.78, 5) is 33.4. The molecule has 7 rings (SSSR count). The number of ether oxygens (including phenoxy) is 2. The first kappa shape index (κ1) is 26.5. The molecular formula is C32H31N5O4. The van der Waals surface area contributed by atoms with Gasteiger partial charge in [0.05, 0.1) is 34.7 Å². The van der Waals surface area contributed by atoms with E-state index in [1.54, 1.807) is 14.2 Å². The number of ketones is 1. The number of aromatic nitrogens is 4. The molecule has 0 saturated carbocycles. The van der Waals surface area contributed by atoms with Crippen molar-refractivity contribution < 1.29 is 19.1 Å².